The van der Waals surface area contributed by atoms with E-state index in [-0.39, 0.29) is 32.2 Å². The Bertz CT molecular complexity index is 1170. The van der Waals surface area contributed by atoms with Crippen LogP contribution in [0.25, 0.3) is 0 Å². The molecular weight excluding hydrogens is 791 g/mol. The molecule has 1 N–H and O–H groups in total. The van der Waals surface area contributed by atoms with Gasteiger partial charge in [-0.1, -0.05) is 204 Å². The summed E-state index contributed by atoms with van der Waals surface area (Å²) in [6, 6.07) is 0. The number of esters is 2. The first kappa shape index (κ1) is 60.2. The number of hydrogen-bond donors (Lipinski definition) is 1. The molecule has 366 valence electrons. The zero-order valence-corrected chi connectivity index (χ0v) is 41.5. The van der Waals surface area contributed by atoms with Crippen LogP contribution in [0, 0.1) is 0 Å². The summed E-state index contributed by atoms with van der Waals surface area (Å²) in [5.41, 5.74) is 0. The number of rotatable bonds is 47. The first-order chi connectivity index (χ1) is 30.6. The van der Waals surface area contributed by atoms with E-state index in [9.17, 15) is 19.5 Å². The number of hydrogen-bond acceptors (Lipinski definition) is 7. The molecule has 9 heteroatoms. The molecule has 9 nitrogen and oxygen atoms in total. The lowest BCUT2D eigenvalue weighted by molar-refractivity contribution is -0.870. The van der Waals surface area contributed by atoms with Crippen molar-refractivity contribution in [2.75, 3.05) is 47.5 Å². The fourth-order valence-electron chi connectivity index (χ4n) is 7.12. The second-order valence-electron chi connectivity index (χ2n) is 18.5. The van der Waals surface area contributed by atoms with Gasteiger partial charge in [0.25, 0.3) is 6.29 Å². The lowest BCUT2D eigenvalue weighted by Crippen LogP contribution is -2.40. The van der Waals surface area contributed by atoms with Crippen molar-refractivity contribution >= 4 is 17.9 Å². The Balaban J connectivity index is 4.11. The molecule has 0 aliphatic heterocycles. The monoisotopic (exact) mass is 889 g/mol. The summed E-state index contributed by atoms with van der Waals surface area (Å²) < 4.78 is 22.7. The normalized spacial score (nSPS) is 13.2. The predicted molar refractivity (Wildman–Crippen MR) is 263 cm³/mol. The Morgan fingerprint density at radius 3 is 1.35 bits per heavy atom. The molecule has 0 heterocycles. The molecule has 0 amide bonds. The van der Waals surface area contributed by atoms with Crippen LogP contribution in [-0.2, 0) is 33.3 Å². The highest BCUT2D eigenvalue weighted by Crippen LogP contribution is 2.16. The van der Waals surface area contributed by atoms with Crippen LogP contribution in [0.5, 0.6) is 0 Å². The average molecular weight is 889 g/mol. The Morgan fingerprint density at radius 1 is 0.492 bits per heavy atom. The standard InChI is InChI=1S/C54H97NO8/c1-6-8-10-12-14-16-17-18-19-20-21-22-23-24-25-26-27-28-29-30-31-32-33-34-35-37-39-41-43-45-52(57)63-50(49-62-54(53(58)59)60-47-46-55(3,4)5)48-61-51(56)44-42-40-38-36-15-13-11-9-7-2/h8,10,14,16,18-19,21-22,50,54H,6-7,9,11-13,15,17,20,23-49H2,1-5H3/p+1/b10-8-,16-14-,19-18-,22-21-. The summed E-state index contributed by atoms with van der Waals surface area (Å²) in [5.74, 6) is -2.00. The lowest BCUT2D eigenvalue weighted by Gasteiger charge is -2.25. The molecule has 0 rings (SSSR count). The summed E-state index contributed by atoms with van der Waals surface area (Å²) >= 11 is 0. The number of carbonyl (C=O) groups is 3. The van der Waals surface area contributed by atoms with Crippen molar-refractivity contribution in [3.63, 3.8) is 0 Å². The van der Waals surface area contributed by atoms with E-state index in [1.165, 1.54) is 128 Å². The summed E-state index contributed by atoms with van der Waals surface area (Å²) in [6.45, 7) is 4.75. The quantitative estimate of drug-likeness (QED) is 0.0212. The third-order valence-electron chi connectivity index (χ3n) is 11.1. The number of carboxylic acid groups (broad SMARTS) is 1. The Labute approximate surface area is 387 Å². The van der Waals surface area contributed by atoms with Gasteiger partial charge in [-0.3, -0.25) is 9.59 Å². The second kappa shape index (κ2) is 45.8. The molecule has 2 atom stereocenters. The van der Waals surface area contributed by atoms with Gasteiger partial charge in [-0.25, -0.2) is 4.79 Å². The molecule has 63 heavy (non-hydrogen) atoms. The third-order valence-corrected chi connectivity index (χ3v) is 11.1. The van der Waals surface area contributed by atoms with Crippen LogP contribution >= 0.6 is 0 Å². The molecule has 0 aliphatic rings. The highest BCUT2D eigenvalue weighted by atomic mass is 16.7. The molecule has 2 unspecified atom stereocenters. The SMILES string of the molecule is CC/C=C\C/C=C\C/C=C\C/C=C\CCCCCCCCCCCCCCCCCCC(=O)OC(COC(=O)CCCCCCCCCCC)COC(OCC[N+](C)(C)C)C(=O)O. The van der Waals surface area contributed by atoms with Crippen molar-refractivity contribution < 1.29 is 42.9 Å². The van der Waals surface area contributed by atoms with Gasteiger partial charge in [-0.2, -0.15) is 0 Å². The van der Waals surface area contributed by atoms with Crippen LogP contribution in [0.4, 0.5) is 0 Å². The van der Waals surface area contributed by atoms with E-state index in [2.05, 4.69) is 62.5 Å². The van der Waals surface area contributed by atoms with Crippen LogP contribution in [0.3, 0.4) is 0 Å². The van der Waals surface area contributed by atoms with E-state index in [4.69, 9.17) is 18.9 Å². The van der Waals surface area contributed by atoms with Crippen LogP contribution in [0.15, 0.2) is 48.6 Å². The van der Waals surface area contributed by atoms with E-state index in [1.54, 1.807) is 0 Å². The lowest BCUT2D eigenvalue weighted by atomic mass is 10.0. The van der Waals surface area contributed by atoms with Gasteiger partial charge < -0.3 is 28.5 Å². The molecule has 0 aromatic carbocycles. The van der Waals surface area contributed by atoms with Crippen molar-refractivity contribution in [1.82, 2.24) is 0 Å². The van der Waals surface area contributed by atoms with E-state index >= 15 is 0 Å². The highest BCUT2D eigenvalue weighted by Gasteiger charge is 2.25. The van der Waals surface area contributed by atoms with Crippen molar-refractivity contribution in [3.05, 3.63) is 48.6 Å². The largest absolute Gasteiger partial charge is 0.477 e. The van der Waals surface area contributed by atoms with Gasteiger partial charge in [-0.05, 0) is 51.4 Å². The van der Waals surface area contributed by atoms with Crippen LogP contribution < -0.4 is 0 Å². The maximum Gasteiger partial charge on any atom is 0.361 e. The van der Waals surface area contributed by atoms with E-state index in [1.807, 2.05) is 21.1 Å². The fraction of sp³-hybridized carbons (Fsp3) is 0.796. The maximum absolute atomic E-state index is 12.8. The van der Waals surface area contributed by atoms with Crippen molar-refractivity contribution in [2.45, 2.75) is 232 Å². The molecule has 0 saturated carbocycles. The summed E-state index contributed by atoms with van der Waals surface area (Å²) in [5, 5.41) is 9.64. The first-order valence-electron chi connectivity index (χ1n) is 25.8. The molecule has 0 bridgehead atoms. The molecule has 0 fully saturated rings. The van der Waals surface area contributed by atoms with Crippen molar-refractivity contribution in [1.29, 1.82) is 0 Å². The third kappa shape index (κ3) is 47.0. The minimum Gasteiger partial charge on any atom is -0.477 e. The van der Waals surface area contributed by atoms with Gasteiger partial charge in [0.1, 0.15) is 13.2 Å². The maximum atomic E-state index is 12.8. The summed E-state index contributed by atoms with van der Waals surface area (Å²) in [7, 11) is 5.96. The van der Waals surface area contributed by atoms with E-state index < -0.39 is 24.3 Å². The molecule has 0 aromatic heterocycles. The number of quaternary nitrogens is 1. The Kier molecular flexibility index (Phi) is 43.8. The van der Waals surface area contributed by atoms with Gasteiger partial charge >= 0.3 is 17.9 Å². The smallest absolute Gasteiger partial charge is 0.361 e. The number of ether oxygens (including phenoxy) is 4. The Morgan fingerprint density at radius 2 is 0.905 bits per heavy atom. The van der Waals surface area contributed by atoms with Crippen molar-refractivity contribution in [3.8, 4) is 0 Å². The molecule has 0 radical (unpaired) electrons. The summed E-state index contributed by atoms with van der Waals surface area (Å²) in [6.07, 6.45) is 52.0. The van der Waals surface area contributed by atoms with Crippen LogP contribution in [0.2, 0.25) is 0 Å². The van der Waals surface area contributed by atoms with E-state index in [0.717, 1.165) is 64.2 Å². The minimum absolute atomic E-state index is 0.179. The Hall–Kier alpha value is -2.75. The van der Waals surface area contributed by atoms with Gasteiger partial charge in [0, 0.05) is 12.8 Å². The van der Waals surface area contributed by atoms with E-state index in [0.29, 0.717) is 17.4 Å². The number of carboxylic acids is 1. The van der Waals surface area contributed by atoms with Crippen molar-refractivity contribution in [2.24, 2.45) is 0 Å². The molecule has 0 saturated heterocycles. The topological polar surface area (TPSA) is 108 Å². The van der Waals surface area contributed by atoms with Gasteiger partial charge in [-0.15, -0.1) is 0 Å². The highest BCUT2D eigenvalue weighted by molar-refractivity contribution is 5.71. The first-order valence-corrected chi connectivity index (χ1v) is 25.8. The fourth-order valence-corrected chi connectivity index (χ4v) is 7.12. The number of nitrogens with zero attached hydrogens (tertiary/aromatic N) is 1. The van der Waals surface area contributed by atoms with Gasteiger partial charge in [0.05, 0.1) is 34.4 Å². The van der Waals surface area contributed by atoms with Crippen LogP contribution in [0.1, 0.15) is 219 Å². The van der Waals surface area contributed by atoms with Gasteiger partial charge in [0.15, 0.2) is 6.10 Å². The average Bonchev–Trinajstić information content (AvgIpc) is 3.24. The molecule has 0 aliphatic carbocycles. The van der Waals surface area contributed by atoms with Gasteiger partial charge in [0.2, 0.25) is 0 Å². The number of carbonyl (C=O) groups excluding carboxylic acids is 2. The van der Waals surface area contributed by atoms with Crippen LogP contribution in [-0.4, -0.2) is 87.4 Å². The number of allylic oxidation sites excluding steroid dienone is 8. The zero-order chi connectivity index (χ0) is 46.3. The number of likely N-dealkylation sites (N-methyl/N-ethyl adjacent to an activating group) is 1. The molecule has 0 aromatic rings. The number of unbranched alkanes of at least 4 members (excludes halogenated alkanes) is 24. The minimum atomic E-state index is -1.51. The zero-order valence-electron chi connectivity index (χ0n) is 41.5. The predicted octanol–water partition coefficient (Wildman–Crippen LogP) is 14.3. The molecule has 0 spiro atoms. The second-order valence-corrected chi connectivity index (χ2v) is 18.5. The summed E-state index contributed by atoms with van der Waals surface area (Å²) in [4.78, 5) is 37.1. The molecular formula is C54H98NO8+. The number of aliphatic carboxylic acids is 1.